The molecule has 2 heterocycles. The smallest absolute Gasteiger partial charge is 0.250 e. The minimum absolute atomic E-state index is 0.0266. The van der Waals surface area contributed by atoms with Crippen LogP contribution in [0.25, 0.3) is 0 Å². The zero-order valence-electron chi connectivity index (χ0n) is 6.91. The minimum Gasteiger partial charge on any atom is -0.299 e. The Morgan fingerprint density at radius 3 is 2.92 bits per heavy atom. The van der Waals surface area contributed by atoms with Crippen LogP contribution in [0.3, 0.4) is 0 Å². The summed E-state index contributed by atoms with van der Waals surface area (Å²) >= 11 is 0. The number of rotatable bonds is 0. The third kappa shape index (κ3) is 1.03. The first-order valence-electron chi connectivity index (χ1n) is 4.04. The Morgan fingerprint density at radius 1 is 1.42 bits per heavy atom. The Kier molecular flexibility index (Phi) is 1.49. The molecule has 0 radical (unpaired) electrons. The van der Waals surface area contributed by atoms with E-state index in [2.05, 4.69) is 5.10 Å². The van der Waals surface area contributed by atoms with Gasteiger partial charge in [0.25, 0.3) is 0 Å². The van der Waals surface area contributed by atoms with Gasteiger partial charge in [-0.25, -0.2) is 5.01 Å². The SMILES string of the molecule is CC1=NN2C(=O)CC(=O)CC2C1. The summed E-state index contributed by atoms with van der Waals surface area (Å²) in [4.78, 5) is 22.3. The van der Waals surface area contributed by atoms with Crippen molar-refractivity contribution in [1.82, 2.24) is 5.01 Å². The summed E-state index contributed by atoms with van der Waals surface area (Å²) < 4.78 is 0. The molecule has 2 aliphatic heterocycles. The van der Waals surface area contributed by atoms with Crippen LogP contribution >= 0.6 is 0 Å². The lowest BCUT2D eigenvalue weighted by Gasteiger charge is -2.25. The molecular formula is C8H10N2O2. The standard InChI is InChI=1S/C8H10N2O2/c1-5-2-6-3-7(11)4-8(12)10(6)9-5/h6H,2-4H2,1H3. The normalized spacial score (nSPS) is 28.9. The molecule has 0 aromatic heterocycles. The van der Waals surface area contributed by atoms with Crippen molar-refractivity contribution in [3.05, 3.63) is 0 Å². The molecule has 1 fully saturated rings. The lowest BCUT2D eigenvalue weighted by molar-refractivity contribution is -0.141. The maximum atomic E-state index is 11.2. The minimum atomic E-state index is -0.145. The van der Waals surface area contributed by atoms with Crippen LogP contribution in [0, 0.1) is 0 Å². The van der Waals surface area contributed by atoms with Crippen molar-refractivity contribution < 1.29 is 9.59 Å². The molecule has 0 aliphatic carbocycles. The van der Waals surface area contributed by atoms with E-state index in [9.17, 15) is 9.59 Å². The summed E-state index contributed by atoms with van der Waals surface area (Å²) in [6.45, 7) is 1.88. The Morgan fingerprint density at radius 2 is 2.17 bits per heavy atom. The highest BCUT2D eigenvalue weighted by Crippen LogP contribution is 2.24. The number of carbonyl (C=O) groups is 2. The van der Waals surface area contributed by atoms with Gasteiger partial charge in [-0.05, 0) is 6.92 Å². The molecule has 0 spiro atoms. The molecule has 1 saturated heterocycles. The van der Waals surface area contributed by atoms with E-state index in [1.165, 1.54) is 5.01 Å². The summed E-state index contributed by atoms with van der Waals surface area (Å²) in [5.74, 6) is -0.0979. The molecule has 0 bridgehead atoms. The van der Waals surface area contributed by atoms with Gasteiger partial charge in [-0.1, -0.05) is 0 Å². The topological polar surface area (TPSA) is 49.7 Å². The molecule has 2 rings (SSSR count). The van der Waals surface area contributed by atoms with Gasteiger partial charge in [0.15, 0.2) is 0 Å². The molecule has 0 saturated carbocycles. The average Bonchev–Trinajstić information content (AvgIpc) is 2.29. The first-order valence-corrected chi connectivity index (χ1v) is 4.04. The molecule has 4 heteroatoms. The predicted octanol–water partition coefficient (Wildman–Crippen LogP) is 0.326. The van der Waals surface area contributed by atoms with Crippen LogP contribution < -0.4 is 0 Å². The summed E-state index contributed by atoms with van der Waals surface area (Å²) in [7, 11) is 0. The van der Waals surface area contributed by atoms with Crippen LogP contribution in [0.2, 0.25) is 0 Å². The number of hydrogen-bond acceptors (Lipinski definition) is 3. The van der Waals surface area contributed by atoms with Crippen molar-refractivity contribution in [1.29, 1.82) is 0 Å². The maximum Gasteiger partial charge on any atom is 0.250 e. The van der Waals surface area contributed by atoms with E-state index in [-0.39, 0.29) is 24.2 Å². The van der Waals surface area contributed by atoms with Gasteiger partial charge in [0.1, 0.15) is 5.78 Å². The fraction of sp³-hybridized carbons (Fsp3) is 0.625. The van der Waals surface area contributed by atoms with Crippen LogP contribution in [0.5, 0.6) is 0 Å². The maximum absolute atomic E-state index is 11.2. The molecule has 1 unspecified atom stereocenters. The van der Waals surface area contributed by atoms with E-state index in [1.807, 2.05) is 6.92 Å². The van der Waals surface area contributed by atoms with Gasteiger partial charge >= 0.3 is 0 Å². The highest BCUT2D eigenvalue weighted by Gasteiger charge is 2.36. The molecule has 0 aromatic carbocycles. The van der Waals surface area contributed by atoms with Crippen molar-refractivity contribution in [3.63, 3.8) is 0 Å². The zero-order valence-corrected chi connectivity index (χ0v) is 6.91. The highest BCUT2D eigenvalue weighted by atomic mass is 16.2. The molecule has 2 aliphatic rings. The second kappa shape index (κ2) is 2.40. The molecule has 12 heavy (non-hydrogen) atoms. The third-order valence-electron chi connectivity index (χ3n) is 2.22. The van der Waals surface area contributed by atoms with Crippen LogP contribution in [-0.4, -0.2) is 28.5 Å². The summed E-state index contributed by atoms with van der Waals surface area (Å²) in [6, 6.07) is 0.0266. The highest BCUT2D eigenvalue weighted by molar-refractivity contribution is 6.02. The number of fused-ring (bicyclic) bond motifs is 1. The lowest BCUT2D eigenvalue weighted by atomic mass is 9.99. The molecule has 64 valence electrons. The van der Waals surface area contributed by atoms with Crippen molar-refractivity contribution in [2.75, 3.05) is 0 Å². The van der Waals surface area contributed by atoms with Crippen molar-refractivity contribution in [2.24, 2.45) is 5.10 Å². The summed E-state index contributed by atoms with van der Waals surface area (Å²) in [5, 5.41) is 5.54. The van der Waals surface area contributed by atoms with Gasteiger partial charge in [-0.3, -0.25) is 9.59 Å². The molecular weight excluding hydrogens is 156 g/mol. The van der Waals surface area contributed by atoms with E-state index < -0.39 is 0 Å². The number of ketones is 1. The molecule has 0 aromatic rings. The Balaban J connectivity index is 2.22. The number of carbonyl (C=O) groups excluding carboxylic acids is 2. The van der Waals surface area contributed by atoms with Gasteiger partial charge in [0.05, 0.1) is 12.5 Å². The Labute approximate surface area is 70.2 Å². The van der Waals surface area contributed by atoms with E-state index in [1.54, 1.807) is 0 Å². The number of amides is 1. The fourth-order valence-electron chi connectivity index (χ4n) is 1.74. The average molecular weight is 166 g/mol. The second-order valence-corrected chi connectivity index (χ2v) is 3.35. The van der Waals surface area contributed by atoms with Gasteiger partial charge in [-0.2, -0.15) is 5.10 Å². The summed E-state index contributed by atoms with van der Waals surface area (Å²) in [6.07, 6.45) is 1.28. The largest absolute Gasteiger partial charge is 0.299 e. The first-order chi connectivity index (χ1) is 5.66. The number of hydrogen-bond donors (Lipinski definition) is 0. The van der Waals surface area contributed by atoms with Crippen molar-refractivity contribution in [3.8, 4) is 0 Å². The summed E-state index contributed by atoms with van der Waals surface area (Å²) in [5.41, 5.74) is 0.947. The van der Waals surface area contributed by atoms with Crippen molar-refractivity contribution in [2.45, 2.75) is 32.2 Å². The number of Topliss-reactive ketones (excluding diaryl/α,β-unsaturated/α-hetero) is 1. The third-order valence-corrected chi connectivity index (χ3v) is 2.22. The zero-order chi connectivity index (χ0) is 8.72. The number of piperidine rings is 1. The molecule has 1 amide bonds. The molecule has 4 nitrogen and oxygen atoms in total. The quantitative estimate of drug-likeness (QED) is 0.487. The van der Waals surface area contributed by atoms with Gasteiger partial charge in [-0.15, -0.1) is 0 Å². The fourth-order valence-corrected chi connectivity index (χ4v) is 1.74. The van der Waals surface area contributed by atoms with Crippen LogP contribution in [0.15, 0.2) is 5.10 Å². The Bertz CT molecular complexity index is 283. The van der Waals surface area contributed by atoms with E-state index in [4.69, 9.17) is 0 Å². The number of hydrazone groups is 1. The molecule has 1 atom stereocenters. The van der Waals surface area contributed by atoms with Crippen molar-refractivity contribution >= 4 is 17.4 Å². The Hall–Kier alpha value is -1.19. The van der Waals surface area contributed by atoms with Gasteiger partial charge in [0.2, 0.25) is 5.91 Å². The lowest BCUT2D eigenvalue weighted by Crippen LogP contribution is -2.40. The van der Waals surface area contributed by atoms with Crippen LogP contribution in [-0.2, 0) is 9.59 Å². The first kappa shape index (κ1) is 7.46. The van der Waals surface area contributed by atoms with Gasteiger partial charge in [0, 0.05) is 18.6 Å². The van der Waals surface area contributed by atoms with E-state index >= 15 is 0 Å². The molecule has 0 N–H and O–H groups in total. The van der Waals surface area contributed by atoms with E-state index in [0.29, 0.717) is 6.42 Å². The van der Waals surface area contributed by atoms with Gasteiger partial charge < -0.3 is 0 Å². The number of nitrogens with zero attached hydrogens (tertiary/aromatic N) is 2. The predicted molar refractivity (Wildman–Crippen MR) is 42.6 cm³/mol. The second-order valence-electron chi connectivity index (χ2n) is 3.35. The van der Waals surface area contributed by atoms with Crippen LogP contribution in [0.4, 0.5) is 0 Å². The van der Waals surface area contributed by atoms with E-state index in [0.717, 1.165) is 12.1 Å². The monoisotopic (exact) mass is 166 g/mol. The van der Waals surface area contributed by atoms with Crippen LogP contribution in [0.1, 0.15) is 26.2 Å².